The van der Waals surface area contributed by atoms with Crippen LogP contribution in [0.5, 0.6) is 0 Å². The number of hydrogen-bond acceptors (Lipinski definition) is 5. The molecule has 0 amide bonds. The standard InChI is InChI=1S/C25H40O6/c1-6-25(4,5)24(30)31-21-12-15(2)11-17-8-7-16(3)20(23(17)21)10-9-18(26)13-19(27)14-22(28)29/h7-8,11,15-16,18-21,23,26-27H,6,9-10,12-14H2,1-5H3,(H,28,29)/t15?,16-,18+,19+,20?,21?,23-/m0/s1. The first-order valence-corrected chi connectivity index (χ1v) is 11.6. The van der Waals surface area contributed by atoms with Gasteiger partial charge in [-0.15, -0.1) is 0 Å². The number of aliphatic carboxylic acids is 1. The van der Waals surface area contributed by atoms with Gasteiger partial charge in [0.05, 0.1) is 24.0 Å². The van der Waals surface area contributed by atoms with Crippen LogP contribution in [0.1, 0.15) is 73.1 Å². The number of carboxylic acids is 1. The first kappa shape index (κ1) is 25.6. The average Bonchev–Trinajstić information content (AvgIpc) is 2.66. The maximum atomic E-state index is 12.8. The van der Waals surface area contributed by atoms with E-state index in [1.807, 2.05) is 20.8 Å². The Morgan fingerprint density at radius 1 is 1.23 bits per heavy atom. The maximum Gasteiger partial charge on any atom is 0.311 e. The first-order chi connectivity index (χ1) is 14.4. The Morgan fingerprint density at radius 2 is 1.90 bits per heavy atom. The van der Waals surface area contributed by atoms with Crippen molar-refractivity contribution >= 4 is 11.9 Å². The summed E-state index contributed by atoms with van der Waals surface area (Å²) in [4.78, 5) is 23.6. The Kier molecular flexibility index (Phi) is 8.90. The lowest BCUT2D eigenvalue weighted by molar-refractivity contribution is -0.164. The molecule has 0 bridgehead atoms. The van der Waals surface area contributed by atoms with Crippen molar-refractivity contribution in [1.82, 2.24) is 0 Å². The Balaban J connectivity index is 2.12. The molecule has 0 aromatic rings. The molecule has 0 heterocycles. The van der Waals surface area contributed by atoms with Gasteiger partial charge in [0.15, 0.2) is 0 Å². The molecule has 0 spiro atoms. The molecule has 6 heteroatoms. The first-order valence-electron chi connectivity index (χ1n) is 11.6. The Labute approximate surface area is 186 Å². The van der Waals surface area contributed by atoms with Gasteiger partial charge in [0.2, 0.25) is 0 Å². The molecule has 0 aromatic heterocycles. The number of carbonyl (C=O) groups is 2. The fraction of sp³-hybridized carbons (Fsp3) is 0.760. The number of aliphatic hydroxyl groups excluding tert-OH is 2. The number of aliphatic hydroxyl groups is 2. The fourth-order valence-corrected chi connectivity index (χ4v) is 4.76. The number of carbonyl (C=O) groups excluding carboxylic acids is 1. The van der Waals surface area contributed by atoms with Crippen molar-refractivity contribution in [3.63, 3.8) is 0 Å². The molecule has 0 radical (unpaired) electrons. The number of hydrogen-bond donors (Lipinski definition) is 3. The van der Waals surface area contributed by atoms with Gasteiger partial charge in [0, 0.05) is 5.92 Å². The van der Waals surface area contributed by atoms with Gasteiger partial charge in [-0.1, -0.05) is 39.0 Å². The van der Waals surface area contributed by atoms with Crippen LogP contribution in [0.15, 0.2) is 23.8 Å². The van der Waals surface area contributed by atoms with Crippen LogP contribution in [0, 0.1) is 29.1 Å². The van der Waals surface area contributed by atoms with Crippen molar-refractivity contribution in [2.45, 2.75) is 91.5 Å². The molecule has 0 fully saturated rings. The second kappa shape index (κ2) is 10.8. The van der Waals surface area contributed by atoms with Crippen molar-refractivity contribution in [1.29, 1.82) is 0 Å². The van der Waals surface area contributed by atoms with Gasteiger partial charge in [-0.25, -0.2) is 0 Å². The molecule has 0 aromatic carbocycles. The van der Waals surface area contributed by atoms with E-state index in [-0.39, 0.29) is 42.7 Å². The van der Waals surface area contributed by atoms with E-state index >= 15 is 0 Å². The SMILES string of the molecule is CCC(C)(C)C(=O)OC1CC(C)C=C2C=C[C@H](C)C(CC[C@@H](O)C[C@@H](O)CC(=O)O)[C@H]21. The molecular weight excluding hydrogens is 396 g/mol. The fourth-order valence-electron chi connectivity index (χ4n) is 4.76. The maximum absolute atomic E-state index is 12.8. The van der Waals surface area contributed by atoms with E-state index in [1.165, 1.54) is 5.57 Å². The van der Waals surface area contributed by atoms with Gasteiger partial charge >= 0.3 is 11.9 Å². The molecule has 0 aliphatic heterocycles. The highest BCUT2D eigenvalue weighted by molar-refractivity contribution is 5.76. The molecule has 6 nitrogen and oxygen atoms in total. The highest BCUT2D eigenvalue weighted by Crippen LogP contribution is 2.45. The normalized spacial score (nSPS) is 30.2. The van der Waals surface area contributed by atoms with E-state index in [0.29, 0.717) is 25.2 Å². The number of esters is 1. The highest BCUT2D eigenvalue weighted by atomic mass is 16.5. The van der Waals surface area contributed by atoms with Crippen LogP contribution in [-0.2, 0) is 14.3 Å². The molecule has 31 heavy (non-hydrogen) atoms. The molecule has 2 aliphatic rings. The topological polar surface area (TPSA) is 104 Å². The Bertz CT molecular complexity index is 694. The minimum absolute atomic E-state index is 0.0523. The molecule has 2 rings (SSSR count). The highest BCUT2D eigenvalue weighted by Gasteiger charge is 2.42. The number of rotatable bonds is 10. The van der Waals surface area contributed by atoms with Gasteiger partial charge in [-0.3, -0.25) is 9.59 Å². The van der Waals surface area contributed by atoms with Crippen LogP contribution in [0.25, 0.3) is 0 Å². The number of ether oxygens (including phenoxy) is 1. The van der Waals surface area contributed by atoms with Crippen LogP contribution in [0.4, 0.5) is 0 Å². The minimum Gasteiger partial charge on any atom is -0.481 e. The molecule has 2 aliphatic carbocycles. The molecule has 3 unspecified atom stereocenters. The van der Waals surface area contributed by atoms with Crippen molar-refractivity contribution in [2.75, 3.05) is 0 Å². The van der Waals surface area contributed by atoms with Crippen molar-refractivity contribution in [3.05, 3.63) is 23.8 Å². The molecule has 0 saturated carbocycles. The van der Waals surface area contributed by atoms with Crippen LogP contribution < -0.4 is 0 Å². The lowest BCUT2D eigenvalue weighted by Crippen LogP contribution is -2.43. The zero-order chi connectivity index (χ0) is 23.3. The summed E-state index contributed by atoms with van der Waals surface area (Å²) in [6.45, 7) is 10.1. The van der Waals surface area contributed by atoms with E-state index in [0.717, 1.165) is 6.42 Å². The van der Waals surface area contributed by atoms with Crippen LogP contribution in [-0.4, -0.2) is 45.6 Å². The van der Waals surface area contributed by atoms with E-state index in [9.17, 15) is 19.8 Å². The molecular formula is C25H40O6. The zero-order valence-electron chi connectivity index (χ0n) is 19.6. The second-order valence-electron chi connectivity index (χ2n) is 10.2. The van der Waals surface area contributed by atoms with Crippen LogP contribution >= 0.6 is 0 Å². The average molecular weight is 437 g/mol. The van der Waals surface area contributed by atoms with Crippen molar-refractivity contribution in [3.8, 4) is 0 Å². The number of carboxylic acid groups (broad SMARTS) is 1. The lowest BCUT2D eigenvalue weighted by Gasteiger charge is -2.44. The monoisotopic (exact) mass is 436 g/mol. The molecule has 176 valence electrons. The predicted octanol–water partition coefficient (Wildman–Crippen LogP) is 4.11. The summed E-state index contributed by atoms with van der Waals surface area (Å²) in [5.41, 5.74) is 0.682. The molecule has 0 saturated heterocycles. The van der Waals surface area contributed by atoms with Crippen molar-refractivity contribution < 1.29 is 29.6 Å². The molecule has 3 N–H and O–H groups in total. The summed E-state index contributed by atoms with van der Waals surface area (Å²) >= 11 is 0. The van der Waals surface area contributed by atoms with Gasteiger partial charge < -0.3 is 20.1 Å². The summed E-state index contributed by atoms with van der Waals surface area (Å²) < 4.78 is 6.10. The minimum atomic E-state index is -1.07. The second-order valence-corrected chi connectivity index (χ2v) is 10.2. The summed E-state index contributed by atoms with van der Waals surface area (Å²) in [5.74, 6) is -0.347. The molecule has 7 atom stereocenters. The third kappa shape index (κ3) is 6.91. The third-order valence-corrected chi connectivity index (χ3v) is 7.08. The quantitative estimate of drug-likeness (QED) is 0.445. The van der Waals surface area contributed by atoms with Gasteiger partial charge in [-0.05, 0) is 69.3 Å². The summed E-state index contributed by atoms with van der Waals surface area (Å²) in [6, 6.07) is 0. The summed E-state index contributed by atoms with van der Waals surface area (Å²) in [5, 5.41) is 29.0. The van der Waals surface area contributed by atoms with Gasteiger partial charge in [0.1, 0.15) is 6.10 Å². The Morgan fingerprint density at radius 3 is 2.52 bits per heavy atom. The van der Waals surface area contributed by atoms with Crippen molar-refractivity contribution in [2.24, 2.45) is 29.1 Å². The van der Waals surface area contributed by atoms with Crippen LogP contribution in [0.3, 0.4) is 0 Å². The summed E-state index contributed by atoms with van der Waals surface area (Å²) in [6.07, 6.45) is 6.98. The van der Waals surface area contributed by atoms with Gasteiger partial charge in [-0.2, -0.15) is 0 Å². The zero-order valence-corrected chi connectivity index (χ0v) is 19.6. The summed E-state index contributed by atoms with van der Waals surface area (Å²) in [7, 11) is 0. The predicted molar refractivity (Wildman–Crippen MR) is 119 cm³/mol. The smallest absolute Gasteiger partial charge is 0.311 e. The van der Waals surface area contributed by atoms with E-state index in [4.69, 9.17) is 9.84 Å². The lowest BCUT2D eigenvalue weighted by atomic mass is 9.65. The van der Waals surface area contributed by atoms with E-state index < -0.39 is 23.6 Å². The van der Waals surface area contributed by atoms with E-state index in [2.05, 4.69) is 32.1 Å². The third-order valence-electron chi connectivity index (χ3n) is 7.08. The van der Waals surface area contributed by atoms with Gasteiger partial charge in [0.25, 0.3) is 0 Å². The van der Waals surface area contributed by atoms with E-state index in [1.54, 1.807) is 0 Å². The largest absolute Gasteiger partial charge is 0.481 e. The number of allylic oxidation sites excluding steroid dienone is 3. The van der Waals surface area contributed by atoms with Crippen LogP contribution in [0.2, 0.25) is 0 Å². The Hall–Kier alpha value is -1.66. The number of fused-ring (bicyclic) bond motifs is 1.